The normalized spacial score (nSPS) is 9.89. The summed E-state index contributed by atoms with van der Waals surface area (Å²) < 4.78 is 16.1. The van der Waals surface area contributed by atoms with Gasteiger partial charge >= 0.3 is 0 Å². The van der Waals surface area contributed by atoms with E-state index >= 15 is 0 Å². The van der Waals surface area contributed by atoms with Crippen molar-refractivity contribution in [2.24, 2.45) is 0 Å². The summed E-state index contributed by atoms with van der Waals surface area (Å²) in [4.78, 5) is 0. The summed E-state index contributed by atoms with van der Waals surface area (Å²) in [6.45, 7) is 0.470. The number of hydrogen-bond acceptors (Lipinski definition) is 3. The van der Waals surface area contributed by atoms with Crippen molar-refractivity contribution in [2.45, 2.75) is 6.61 Å². The van der Waals surface area contributed by atoms with Crippen LogP contribution in [0.1, 0.15) is 5.56 Å². The second-order valence-corrected chi connectivity index (χ2v) is 3.75. The molecule has 0 aliphatic carbocycles. The minimum absolute atomic E-state index is 0.470. The molecule has 2 aromatic rings. The summed E-state index contributed by atoms with van der Waals surface area (Å²) in [5.41, 5.74) is 0.999. The van der Waals surface area contributed by atoms with Gasteiger partial charge in [0.05, 0.1) is 14.2 Å². The Labute approximate surface area is 107 Å². The second kappa shape index (κ2) is 5.96. The van der Waals surface area contributed by atoms with E-state index in [1.165, 1.54) is 0 Å². The zero-order chi connectivity index (χ0) is 12.8. The van der Waals surface area contributed by atoms with Crippen molar-refractivity contribution in [2.75, 3.05) is 14.2 Å². The zero-order valence-electron chi connectivity index (χ0n) is 10.5. The molecule has 0 unspecified atom stereocenters. The van der Waals surface area contributed by atoms with Crippen molar-refractivity contribution in [1.29, 1.82) is 0 Å². The SMILES string of the molecule is COc1cc(COc2cc[c]cc2)cc(OC)c1. The molecule has 0 saturated heterocycles. The molecule has 18 heavy (non-hydrogen) atoms. The first-order valence-electron chi connectivity index (χ1n) is 5.62. The molecule has 2 aromatic carbocycles. The van der Waals surface area contributed by atoms with Crippen molar-refractivity contribution in [1.82, 2.24) is 0 Å². The predicted molar refractivity (Wildman–Crippen MR) is 69.2 cm³/mol. The van der Waals surface area contributed by atoms with Crippen LogP contribution in [0.25, 0.3) is 0 Å². The lowest BCUT2D eigenvalue weighted by atomic mass is 10.2. The van der Waals surface area contributed by atoms with Gasteiger partial charge in [0.1, 0.15) is 23.9 Å². The van der Waals surface area contributed by atoms with Crippen LogP contribution < -0.4 is 14.2 Å². The van der Waals surface area contributed by atoms with Gasteiger partial charge in [-0.3, -0.25) is 0 Å². The van der Waals surface area contributed by atoms with Gasteiger partial charge in [-0.2, -0.15) is 0 Å². The first-order valence-corrected chi connectivity index (χ1v) is 5.62. The molecular formula is C15H15O3. The third kappa shape index (κ3) is 3.17. The molecule has 0 aliphatic rings. The average molecular weight is 243 g/mol. The predicted octanol–water partition coefficient (Wildman–Crippen LogP) is 3.08. The highest BCUT2D eigenvalue weighted by Gasteiger charge is 2.02. The van der Waals surface area contributed by atoms with Gasteiger partial charge in [0.15, 0.2) is 0 Å². The Balaban J connectivity index is 2.09. The van der Waals surface area contributed by atoms with Gasteiger partial charge in [0.2, 0.25) is 0 Å². The fourth-order valence-corrected chi connectivity index (χ4v) is 1.58. The maximum atomic E-state index is 5.66. The van der Waals surface area contributed by atoms with Crippen LogP contribution in [0.2, 0.25) is 0 Å². The Morgan fingerprint density at radius 1 is 0.889 bits per heavy atom. The Bertz CT molecular complexity index is 472. The largest absolute Gasteiger partial charge is 0.497 e. The Kier molecular flexibility index (Phi) is 4.07. The standard InChI is InChI=1S/C15H15O3/c1-16-14-8-12(9-15(10-14)17-2)11-18-13-6-4-3-5-7-13/h4-10H,11H2,1-2H3. The maximum absolute atomic E-state index is 5.66. The van der Waals surface area contributed by atoms with E-state index in [-0.39, 0.29) is 0 Å². The molecule has 0 aromatic heterocycles. The molecule has 0 amide bonds. The van der Waals surface area contributed by atoms with E-state index in [1.807, 2.05) is 42.5 Å². The topological polar surface area (TPSA) is 27.7 Å². The third-order valence-corrected chi connectivity index (χ3v) is 2.50. The highest BCUT2D eigenvalue weighted by atomic mass is 16.5. The second-order valence-electron chi connectivity index (χ2n) is 3.75. The highest BCUT2D eigenvalue weighted by Crippen LogP contribution is 2.23. The fourth-order valence-electron chi connectivity index (χ4n) is 1.58. The van der Waals surface area contributed by atoms with E-state index in [0.29, 0.717) is 6.61 Å². The van der Waals surface area contributed by atoms with Crippen molar-refractivity contribution in [3.8, 4) is 17.2 Å². The molecule has 0 fully saturated rings. The van der Waals surface area contributed by atoms with Crippen LogP contribution in [0.5, 0.6) is 17.2 Å². The smallest absolute Gasteiger partial charge is 0.122 e. The minimum Gasteiger partial charge on any atom is -0.497 e. The van der Waals surface area contributed by atoms with Crippen molar-refractivity contribution in [3.63, 3.8) is 0 Å². The van der Waals surface area contributed by atoms with Crippen molar-refractivity contribution < 1.29 is 14.2 Å². The first-order chi connectivity index (χ1) is 8.81. The van der Waals surface area contributed by atoms with Crippen LogP contribution in [0, 0.1) is 6.07 Å². The highest BCUT2D eigenvalue weighted by molar-refractivity contribution is 5.38. The lowest BCUT2D eigenvalue weighted by molar-refractivity contribution is 0.304. The summed E-state index contributed by atoms with van der Waals surface area (Å²) >= 11 is 0. The van der Waals surface area contributed by atoms with Gasteiger partial charge in [0.25, 0.3) is 0 Å². The molecule has 1 radical (unpaired) electrons. The van der Waals surface area contributed by atoms with E-state index in [2.05, 4.69) is 6.07 Å². The van der Waals surface area contributed by atoms with Gasteiger partial charge in [-0.25, -0.2) is 0 Å². The number of ether oxygens (including phenoxy) is 3. The average Bonchev–Trinajstić information content (AvgIpc) is 2.45. The fraction of sp³-hybridized carbons (Fsp3) is 0.200. The van der Waals surface area contributed by atoms with Gasteiger partial charge in [0, 0.05) is 6.07 Å². The summed E-state index contributed by atoms with van der Waals surface area (Å²) in [6.07, 6.45) is 0. The van der Waals surface area contributed by atoms with E-state index in [0.717, 1.165) is 22.8 Å². The van der Waals surface area contributed by atoms with E-state index in [9.17, 15) is 0 Å². The molecule has 0 bridgehead atoms. The summed E-state index contributed by atoms with van der Waals surface area (Å²) in [7, 11) is 3.26. The van der Waals surface area contributed by atoms with E-state index < -0.39 is 0 Å². The molecule has 0 aliphatic heterocycles. The Morgan fingerprint density at radius 3 is 2.06 bits per heavy atom. The Morgan fingerprint density at radius 2 is 1.50 bits per heavy atom. The van der Waals surface area contributed by atoms with E-state index in [4.69, 9.17) is 14.2 Å². The summed E-state index contributed by atoms with van der Waals surface area (Å²) in [6, 6.07) is 16.0. The molecule has 0 atom stereocenters. The summed E-state index contributed by atoms with van der Waals surface area (Å²) in [5, 5.41) is 0. The molecule has 0 spiro atoms. The Hall–Kier alpha value is -2.16. The molecule has 93 valence electrons. The van der Waals surface area contributed by atoms with Gasteiger partial charge < -0.3 is 14.2 Å². The molecule has 0 saturated carbocycles. The van der Waals surface area contributed by atoms with Crippen LogP contribution in [-0.2, 0) is 6.61 Å². The van der Waals surface area contributed by atoms with Gasteiger partial charge in [-0.1, -0.05) is 12.1 Å². The molecule has 0 heterocycles. The van der Waals surface area contributed by atoms with Crippen molar-refractivity contribution in [3.05, 3.63) is 54.1 Å². The van der Waals surface area contributed by atoms with Crippen LogP contribution in [0.4, 0.5) is 0 Å². The maximum Gasteiger partial charge on any atom is 0.122 e. The third-order valence-electron chi connectivity index (χ3n) is 2.50. The van der Waals surface area contributed by atoms with Crippen LogP contribution in [0.3, 0.4) is 0 Å². The molecule has 2 rings (SSSR count). The van der Waals surface area contributed by atoms with Gasteiger partial charge in [-0.05, 0) is 35.9 Å². The number of hydrogen-bond donors (Lipinski definition) is 0. The quantitative estimate of drug-likeness (QED) is 0.807. The van der Waals surface area contributed by atoms with Crippen LogP contribution >= 0.6 is 0 Å². The lowest BCUT2D eigenvalue weighted by Crippen LogP contribution is -1.97. The first kappa shape index (κ1) is 12.3. The molecule has 3 heteroatoms. The van der Waals surface area contributed by atoms with Crippen LogP contribution in [0.15, 0.2) is 42.5 Å². The molecule has 3 nitrogen and oxygen atoms in total. The number of benzene rings is 2. The monoisotopic (exact) mass is 243 g/mol. The van der Waals surface area contributed by atoms with Crippen LogP contribution in [-0.4, -0.2) is 14.2 Å². The number of methoxy groups -OCH3 is 2. The minimum atomic E-state index is 0.470. The summed E-state index contributed by atoms with van der Waals surface area (Å²) in [5.74, 6) is 2.33. The lowest BCUT2D eigenvalue weighted by Gasteiger charge is -2.09. The van der Waals surface area contributed by atoms with Gasteiger partial charge in [-0.15, -0.1) is 0 Å². The number of rotatable bonds is 5. The van der Waals surface area contributed by atoms with Crippen molar-refractivity contribution >= 4 is 0 Å². The molecule has 0 N–H and O–H groups in total. The molecular weight excluding hydrogens is 228 g/mol. The van der Waals surface area contributed by atoms with E-state index in [1.54, 1.807) is 14.2 Å². The zero-order valence-corrected chi connectivity index (χ0v) is 10.5.